The first-order valence-corrected chi connectivity index (χ1v) is 12.0. The van der Waals surface area contributed by atoms with E-state index >= 15 is 0 Å². The lowest BCUT2D eigenvalue weighted by molar-refractivity contribution is -0.152. The zero-order valence-electron chi connectivity index (χ0n) is 15.3. The van der Waals surface area contributed by atoms with Crippen molar-refractivity contribution in [2.75, 3.05) is 11.5 Å². The van der Waals surface area contributed by atoms with E-state index in [1.165, 1.54) is 12.8 Å². The van der Waals surface area contributed by atoms with Gasteiger partial charge in [-0.15, -0.1) is 0 Å². The lowest BCUT2D eigenvalue weighted by Gasteiger charge is -2.59. The predicted molar refractivity (Wildman–Crippen MR) is 102 cm³/mol. The molecule has 24 heavy (non-hydrogen) atoms. The van der Waals surface area contributed by atoms with Crippen molar-refractivity contribution in [2.24, 2.45) is 46.3 Å². The molecule has 4 bridgehead atoms. The number of hydrogen-bond donors (Lipinski definition) is 0. The van der Waals surface area contributed by atoms with E-state index in [9.17, 15) is 9.59 Å². The van der Waals surface area contributed by atoms with Gasteiger partial charge >= 0.3 is 0 Å². The summed E-state index contributed by atoms with van der Waals surface area (Å²) in [6, 6.07) is 0. The largest absolute Gasteiger partial charge is 0.299 e. The molecule has 134 valence electrons. The molecule has 0 radical (unpaired) electrons. The molecule has 0 aromatic heterocycles. The maximum Gasteiger partial charge on any atom is 0.137 e. The van der Waals surface area contributed by atoms with Crippen molar-refractivity contribution in [1.29, 1.82) is 0 Å². The van der Waals surface area contributed by atoms with Crippen LogP contribution < -0.4 is 0 Å². The molecule has 0 unspecified atom stereocenters. The highest BCUT2D eigenvalue weighted by Crippen LogP contribution is 2.62. The summed E-state index contributed by atoms with van der Waals surface area (Å²) in [6.07, 6.45) is 4.12. The molecule has 0 aromatic rings. The first kappa shape index (κ1) is 17.5. The molecule has 2 nitrogen and oxygen atoms in total. The van der Waals surface area contributed by atoms with Crippen LogP contribution >= 0.6 is 21.6 Å². The summed E-state index contributed by atoms with van der Waals surface area (Å²) in [5, 5.41) is 0. The molecule has 0 N–H and O–H groups in total. The number of fused-ring (bicyclic) bond motifs is 4. The van der Waals surface area contributed by atoms with E-state index in [0.717, 1.165) is 24.3 Å². The Kier molecular flexibility index (Phi) is 4.20. The van der Waals surface area contributed by atoms with Crippen molar-refractivity contribution in [3.05, 3.63) is 0 Å². The van der Waals surface area contributed by atoms with Gasteiger partial charge in [-0.3, -0.25) is 9.59 Å². The number of carbonyl (C=O) groups is 2. The van der Waals surface area contributed by atoms with Gasteiger partial charge < -0.3 is 0 Å². The molecule has 6 aliphatic rings. The fourth-order valence-corrected chi connectivity index (χ4v) is 8.85. The fraction of sp³-hybridized carbons (Fsp3) is 0.900. The van der Waals surface area contributed by atoms with Gasteiger partial charge in [0.1, 0.15) is 11.6 Å². The van der Waals surface area contributed by atoms with Gasteiger partial charge in [-0.2, -0.15) is 0 Å². The van der Waals surface area contributed by atoms with Crippen LogP contribution in [0.15, 0.2) is 0 Å². The maximum atomic E-state index is 12.3. The van der Waals surface area contributed by atoms with E-state index in [2.05, 4.69) is 27.7 Å². The Morgan fingerprint density at radius 2 is 1.17 bits per heavy atom. The number of ketones is 2. The predicted octanol–water partition coefficient (Wildman–Crippen LogP) is 4.87. The second-order valence-corrected chi connectivity index (χ2v) is 12.4. The molecule has 0 heterocycles. The Morgan fingerprint density at radius 3 is 1.50 bits per heavy atom. The van der Waals surface area contributed by atoms with Gasteiger partial charge in [0.2, 0.25) is 0 Å². The zero-order chi connectivity index (χ0) is 17.3. The van der Waals surface area contributed by atoms with Crippen LogP contribution in [0.5, 0.6) is 0 Å². The molecule has 6 saturated carbocycles. The fourth-order valence-electron chi connectivity index (χ4n) is 6.07. The van der Waals surface area contributed by atoms with E-state index in [0.29, 0.717) is 46.1 Å². The van der Waals surface area contributed by atoms with E-state index in [-0.39, 0.29) is 11.8 Å². The number of Topliss-reactive ketones (excluding diaryl/α,β-unsaturated/α-hetero) is 2. The van der Waals surface area contributed by atoms with Gasteiger partial charge in [-0.05, 0) is 47.3 Å². The van der Waals surface area contributed by atoms with Gasteiger partial charge in [-0.25, -0.2) is 0 Å². The average molecular weight is 367 g/mol. The van der Waals surface area contributed by atoms with Crippen molar-refractivity contribution in [3.8, 4) is 0 Å². The standard InChI is InChI=1S/C20H30O2S2/c1-19(2)11-5-15(19)13(17(21)7-11)9-23-24-10-14-16-6-12(8-18(14)22)20(16,3)4/h11-16H,5-10H2,1-4H3/t11-,12-,13+,14+,15+,16+/m1/s1. The highest BCUT2D eigenvalue weighted by Gasteiger charge is 2.58. The quantitative estimate of drug-likeness (QED) is 0.513. The molecule has 6 aliphatic carbocycles. The lowest BCUT2D eigenvalue weighted by Crippen LogP contribution is -2.57. The van der Waals surface area contributed by atoms with E-state index < -0.39 is 0 Å². The summed E-state index contributed by atoms with van der Waals surface area (Å²) in [5.74, 6) is 5.88. The molecular weight excluding hydrogens is 336 g/mol. The molecule has 0 amide bonds. The van der Waals surface area contributed by atoms with Crippen molar-refractivity contribution in [1.82, 2.24) is 0 Å². The SMILES string of the molecule is CC1(C)[C@H]2CC(=O)[C@@H](CSSC[C@@H]3C(=O)C[C@H]4C[C@@H]3C4(C)C)[C@@H]1C2. The Labute approximate surface area is 154 Å². The van der Waals surface area contributed by atoms with Crippen LogP contribution in [0.1, 0.15) is 53.4 Å². The highest BCUT2D eigenvalue weighted by atomic mass is 33.1. The zero-order valence-corrected chi connectivity index (χ0v) is 17.0. The summed E-state index contributed by atoms with van der Waals surface area (Å²) >= 11 is 0. The summed E-state index contributed by atoms with van der Waals surface area (Å²) in [5.41, 5.74) is 0.738. The Morgan fingerprint density at radius 1 is 0.792 bits per heavy atom. The van der Waals surface area contributed by atoms with Crippen LogP contribution in [0.2, 0.25) is 0 Å². The molecule has 6 atom stereocenters. The Hall–Kier alpha value is 0.0400. The highest BCUT2D eigenvalue weighted by molar-refractivity contribution is 8.76. The van der Waals surface area contributed by atoms with Crippen molar-refractivity contribution >= 4 is 33.2 Å². The van der Waals surface area contributed by atoms with E-state index in [4.69, 9.17) is 0 Å². The molecule has 4 heteroatoms. The average Bonchev–Trinajstić information content (AvgIpc) is 2.52. The second kappa shape index (κ2) is 5.77. The number of carbonyl (C=O) groups excluding carboxylic acids is 2. The molecular formula is C20H30O2S2. The minimum absolute atomic E-state index is 0.258. The molecule has 0 spiro atoms. The maximum absolute atomic E-state index is 12.3. The third kappa shape index (κ3) is 2.46. The third-order valence-electron chi connectivity index (χ3n) is 8.36. The van der Waals surface area contributed by atoms with Gasteiger partial charge in [0.25, 0.3) is 0 Å². The molecule has 6 rings (SSSR count). The van der Waals surface area contributed by atoms with Gasteiger partial charge in [0.05, 0.1) is 0 Å². The van der Waals surface area contributed by atoms with Crippen molar-refractivity contribution < 1.29 is 9.59 Å². The molecule has 6 fully saturated rings. The van der Waals surface area contributed by atoms with Crippen molar-refractivity contribution in [3.63, 3.8) is 0 Å². The lowest BCUT2D eigenvalue weighted by atomic mass is 9.45. The summed E-state index contributed by atoms with van der Waals surface area (Å²) in [4.78, 5) is 24.7. The van der Waals surface area contributed by atoms with Gasteiger partial charge in [0.15, 0.2) is 0 Å². The summed E-state index contributed by atoms with van der Waals surface area (Å²) < 4.78 is 0. The molecule has 0 aromatic carbocycles. The second-order valence-electron chi connectivity index (χ2n) is 9.84. The van der Waals surface area contributed by atoms with Crippen LogP contribution in [0.25, 0.3) is 0 Å². The first-order chi connectivity index (χ1) is 11.2. The number of rotatable bonds is 5. The van der Waals surface area contributed by atoms with Gasteiger partial charge in [-0.1, -0.05) is 49.3 Å². The monoisotopic (exact) mass is 366 g/mol. The smallest absolute Gasteiger partial charge is 0.137 e. The first-order valence-electron chi connectivity index (χ1n) is 9.52. The van der Waals surface area contributed by atoms with Crippen LogP contribution in [0, 0.1) is 46.3 Å². The van der Waals surface area contributed by atoms with Crippen LogP contribution in [-0.4, -0.2) is 23.1 Å². The Bertz CT molecular complexity index is 518. The van der Waals surface area contributed by atoms with Gasteiger partial charge in [0, 0.05) is 36.2 Å². The summed E-state index contributed by atoms with van der Waals surface area (Å²) in [7, 11) is 3.70. The topological polar surface area (TPSA) is 34.1 Å². The van der Waals surface area contributed by atoms with Crippen LogP contribution in [-0.2, 0) is 9.59 Å². The van der Waals surface area contributed by atoms with Crippen LogP contribution in [0.3, 0.4) is 0 Å². The van der Waals surface area contributed by atoms with E-state index in [1.54, 1.807) is 0 Å². The van der Waals surface area contributed by atoms with Crippen molar-refractivity contribution in [2.45, 2.75) is 53.4 Å². The minimum atomic E-state index is 0.258. The molecule has 0 saturated heterocycles. The van der Waals surface area contributed by atoms with E-state index in [1.807, 2.05) is 21.6 Å². The minimum Gasteiger partial charge on any atom is -0.299 e. The number of hydrogen-bond acceptors (Lipinski definition) is 4. The summed E-state index contributed by atoms with van der Waals surface area (Å²) in [6.45, 7) is 9.38. The van der Waals surface area contributed by atoms with Crippen LogP contribution in [0.4, 0.5) is 0 Å². The Balaban J connectivity index is 1.28. The molecule has 0 aliphatic heterocycles. The third-order valence-corrected chi connectivity index (χ3v) is 10.8. The normalized spacial score (nSPS) is 44.7.